The maximum absolute atomic E-state index is 5.32. The maximum Gasteiger partial charge on any atom is 0.121 e. The number of fused-ring (bicyclic) bond motifs is 1. The Bertz CT molecular complexity index is 609. The molecule has 0 amide bonds. The number of aryl methyl sites for hydroxylation is 3. The third-order valence-corrected chi connectivity index (χ3v) is 5.64. The smallest absolute Gasteiger partial charge is 0.121 e. The number of hydrogen-bond donors (Lipinski definition) is 1. The van der Waals surface area contributed by atoms with Crippen LogP contribution in [0.15, 0.2) is 24.3 Å². The van der Waals surface area contributed by atoms with E-state index in [1.165, 1.54) is 36.1 Å². The van der Waals surface area contributed by atoms with E-state index in [-0.39, 0.29) is 0 Å². The van der Waals surface area contributed by atoms with E-state index in [4.69, 9.17) is 4.74 Å². The van der Waals surface area contributed by atoms with E-state index in [9.17, 15) is 0 Å². The summed E-state index contributed by atoms with van der Waals surface area (Å²) in [6.45, 7) is 4.33. The highest BCUT2D eigenvalue weighted by molar-refractivity contribution is 7.12. The summed E-state index contributed by atoms with van der Waals surface area (Å²) in [6.07, 6.45) is 5.24. The Hall–Kier alpha value is -1.48. The van der Waals surface area contributed by atoms with Crippen LogP contribution in [-0.4, -0.2) is 7.11 Å². The summed E-state index contributed by atoms with van der Waals surface area (Å²) in [6, 6.07) is 9.05. The van der Waals surface area contributed by atoms with Crippen LogP contribution in [0.4, 0.5) is 5.69 Å². The van der Waals surface area contributed by atoms with E-state index < -0.39 is 0 Å². The third kappa shape index (κ3) is 3.08. The molecule has 0 radical (unpaired) electrons. The Labute approximate surface area is 131 Å². The largest absolute Gasteiger partial charge is 0.496 e. The Balaban J connectivity index is 1.75. The molecule has 1 aliphatic carbocycles. The summed E-state index contributed by atoms with van der Waals surface area (Å²) in [7, 11) is 1.72. The van der Waals surface area contributed by atoms with Crippen molar-refractivity contribution in [3.8, 4) is 5.75 Å². The summed E-state index contributed by atoms with van der Waals surface area (Å²) in [4.78, 5) is 3.06. The first-order valence-electron chi connectivity index (χ1n) is 7.70. The standard InChI is InChI=1S/C18H23NOS/c1-12-10-15(8-9-16(12)20-3)19-13(2)18-11-14-6-4-5-7-17(14)21-18/h8-11,13,19H,4-7H2,1-3H3. The highest BCUT2D eigenvalue weighted by Crippen LogP contribution is 2.34. The fourth-order valence-electron chi connectivity index (χ4n) is 3.02. The van der Waals surface area contributed by atoms with Crippen LogP contribution in [0.3, 0.4) is 0 Å². The van der Waals surface area contributed by atoms with Crippen LogP contribution in [0, 0.1) is 6.92 Å². The van der Waals surface area contributed by atoms with Crippen molar-refractivity contribution in [2.45, 2.75) is 45.6 Å². The van der Waals surface area contributed by atoms with Gasteiger partial charge >= 0.3 is 0 Å². The zero-order chi connectivity index (χ0) is 14.8. The topological polar surface area (TPSA) is 21.3 Å². The number of hydrogen-bond acceptors (Lipinski definition) is 3. The first-order chi connectivity index (χ1) is 10.2. The number of ether oxygens (including phenoxy) is 1. The molecule has 3 rings (SSSR count). The summed E-state index contributed by atoms with van der Waals surface area (Å²) in [5.74, 6) is 0.944. The van der Waals surface area contributed by atoms with Crippen molar-refractivity contribution in [2.75, 3.05) is 12.4 Å². The zero-order valence-corrected chi connectivity index (χ0v) is 13.8. The summed E-state index contributed by atoms with van der Waals surface area (Å²) >= 11 is 1.99. The SMILES string of the molecule is COc1ccc(NC(C)c2cc3c(s2)CCCC3)cc1C. The molecule has 0 saturated heterocycles. The van der Waals surface area contributed by atoms with Gasteiger partial charge in [-0.05, 0) is 74.9 Å². The molecule has 0 fully saturated rings. The van der Waals surface area contributed by atoms with Crippen molar-refractivity contribution in [1.82, 2.24) is 0 Å². The first-order valence-corrected chi connectivity index (χ1v) is 8.51. The lowest BCUT2D eigenvalue weighted by atomic mass is 9.99. The lowest BCUT2D eigenvalue weighted by Crippen LogP contribution is -2.05. The normalized spacial score (nSPS) is 15.4. The predicted octanol–water partition coefficient (Wildman–Crippen LogP) is 5.12. The molecule has 1 aliphatic rings. The molecule has 112 valence electrons. The van der Waals surface area contributed by atoms with Crippen LogP contribution in [0.2, 0.25) is 0 Å². The van der Waals surface area contributed by atoms with Gasteiger partial charge in [-0.15, -0.1) is 11.3 Å². The molecular weight excluding hydrogens is 278 g/mol. The van der Waals surface area contributed by atoms with Gasteiger partial charge in [-0.1, -0.05) is 0 Å². The van der Waals surface area contributed by atoms with Crippen LogP contribution in [0.1, 0.15) is 46.7 Å². The Morgan fingerprint density at radius 3 is 2.71 bits per heavy atom. The molecule has 3 heteroatoms. The first kappa shape index (κ1) is 14.5. The predicted molar refractivity (Wildman–Crippen MR) is 90.7 cm³/mol. The van der Waals surface area contributed by atoms with Crippen LogP contribution in [0.5, 0.6) is 5.75 Å². The van der Waals surface area contributed by atoms with Crippen molar-refractivity contribution in [1.29, 1.82) is 0 Å². The minimum Gasteiger partial charge on any atom is -0.496 e. The van der Waals surface area contributed by atoms with Crippen LogP contribution < -0.4 is 10.1 Å². The molecule has 1 aromatic carbocycles. The average Bonchev–Trinajstić information content (AvgIpc) is 2.91. The minimum atomic E-state index is 0.355. The van der Waals surface area contributed by atoms with Gasteiger partial charge in [-0.2, -0.15) is 0 Å². The fraction of sp³-hybridized carbons (Fsp3) is 0.444. The second-order valence-corrected chi connectivity index (χ2v) is 7.02. The van der Waals surface area contributed by atoms with Crippen molar-refractivity contribution in [3.63, 3.8) is 0 Å². The van der Waals surface area contributed by atoms with Gasteiger partial charge in [0.1, 0.15) is 5.75 Å². The van der Waals surface area contributed by atoms with E-state index in [0.29, 0.717) is 6.04 Å². The Morgan fingerprint density at radius 2 is 2.00 bits per heavy atom. The second kappa shape index (κ2) is 6.10. The van der Waals surface area contributed by atoms with E-state index in [1.807, 2.05) is 17.4 Å². The fourth-order valence-corrected chi connectivity index (χ4v) is 4.28. The van der Waals surface area contributed by atoms with Crippen LogP contribution in [-0.2, 0) is 12.8 Å². The van der Waals surface area contributed by atoms with Crippen molar-refractivity contribution < 1.29 is 4.74 Å². The molecule has 1 N–H and O–H groups in total. The molecule has 2 aromatic rings. The summed E-state index contributed by atoms with van der Waals surface area (Å²) in [5.41, 5.74) is 3.91. The number of nitrogens with one attached hydrogen (secondary N) is 1. The maximum atomic E-state index is 5.32. The van der Waals surface area contributed by atoms with Crippen molar-refractivity contribution >= 4 is 17.0 Å². The van der Waals surface area contributed by atoms with Gasteiger partial charge in [0.05, 0.1) is 13.2 Å². The number of anilines is 1. The minimum absolute atomic E-state index is 0.355. The molecule has 21 heavy (non-hydrogen) atoms. The molecule has 0 aliphatic heterocycles. The molecular formula is C18H23NOS. The molecule has 0 saturated carbocycles. The average molecular weight is 301 g/mol. The van der Waals surface area contributed by atoms with Gasteiger partial charge < -0.3 is 10.1 Å². The molecule has 2 nitrogen and oxygen atoms in total. The van der Waals surface area contributed by atoms with Gasteiger partial charge in [0.25, 0.3) is 0 Å². The van der Waals surface area contributed by atoms with E-state index in [1.54, 1.807) is 17.6 Å². The van der Waals surface area contributed by atoms with Crippen molar-refractivity contribution in [2.24, 2.45) is 0 Å². The molecule has 1 atom stereocenters. The van der Waals surface area contributed by atoms with Gasteiger partial charge in [-0.25, -0.2) is 0 Å². The van der Waals surface area contributed by atoms with E-state index >= 15 is 0 Å². The Kier molecular flexibility index (Phi) is 4.20. The highest BCUT2D eigenvalue weighted by Gasteiger charge is 2.16. The summed E-state index contributed by atoms with van der Waals surface area (Å²) in [5, 5.41) is 3.61. The van der Waals surface area contributed by atoms with Crippen LogP contribution in [0.25, 0.3) is 0 Å². The second-order valence-electron chi connectivity index (χ2n) is 5.85. The lowest BCUT2D eigenvalue weighted by molar-refractivity contribution is 0.412. The van der Waals surface area contributed by atoms with Gasteiger partial charge in [0.2, 0.25) is 0 Å². The number of thiophene rings is 1. The molecule has 1 heterocycles. The Morgan fingerprint density at radius 1 is 1.19 bits per heavy atom. The van der Waals surface area contributed by atoms with E-state index in [2.05, 4.69) is 37.4 Å². The van der Waals surface area contributed by atoms with Crippen LogP contribution >= 0.6 is 11.3 Å². The zero-order valence-electron chi connectivity index (χ0n) is 13.0. The van der Waals surface area contributed by atoms with Gasteiger partial charge in [0, 0.05) is 15.4 Å². The van der Waals surface area contributed by atoms with Crippen molar-refractivity contribution in [3.05, 3.63) is 45.1 Å². The number of methoxy groups -OCH3 is 1. The van der Waals surface area contributed by atoms with Gasteiger partial charge in [0.15, 0.2) is 0 Å². The third-order valence-electron chi connectivity index (χ3n) is 4.22. The molecule has 0 spiro atoms. The quantitative estimate of drug-likeness (QED) is 0.846. The molecule has 1 unspecified atom stereocenters. The van der Waals surface area contributed by atoms with E-state index in [0.717, 1.165) is 11.4 Å². The highest BCUT2D eigenvalue weighted by atomic mass is 32.1. The van der Waals surface area contributed by atoms with Gasteiger partial charge in [-0.3, -0.25) is 0 Å². The molecule has 1 aromatic heterocycles. The molecule has 0 bridgehead atoms. The monoisotopic (exact) mass is 301 g/mol. The summed E-state index contributed by atoms with van der Waals surface area (Å²) < 4.78 is 5.32. The number of rotatable bonds is 4. The lowest BCUT2D eigenvalue weighted by Gasteiger charge is -2.15. The number of benzene rings is 1.